The first-order valence-corrected chi connectivity index (χ1v) is 10.6. The van der Waals surface area contributed by atoms with Gasteiger partial charge in [0.05, 0.1) is 0 Å². The Morgan fingerprint density at radius 1 is 0.875 bits per heavy atom. The fourth-order valence-corrected chi connectivity index (χ4v) is 5.61. The van der Waals surface area contributed by atoms with Crippen molar-refractivity contribution in [3.63, 3.8) is 0 Å². The van der Waals surface area contributed by atoms with Crippen LogP contribution in [-0.4, -0.2) is 26.1 Å². The Hall–Kier alpha value is -0.375. The standard InChI is InChI=1S/C20H36BNO2/c1-2-3-15-4-13-20(23-14-15)18-7-5-16(6-8-18)17-9-11-19(12-10-17)24-21-22/h15-20,22H,2-14H2,1H3. The van der Waals surface area contributed by atoms with E-state index < -0.39 is 0 Å². The summed E-state index contributed by atoms with van der Waals surface area (Å²) in [5.74, 6) is 3.53. The van der Waals surface area contributed by atoms with Gasteiger partial charge in [-0.15, -0.1) is 0 Å². The van der Waals surface area contributed by atoms with Gasteiger partial charge in [0, 0.05) is 0 Å². The van der Waals surface area contributed by atoms with Crippen LogP contribution < -0.4 is 0 Å². The SMILES string of the molecule is CCCC1CCC(C2CCC(C3CCC(OB=N)CC3)CC2)OC1. The molecule has 0 amide bonds. The van der Waals surface area contributed by atoms with E-state index in [-0.39, 0.29) is 0 Å². The molecule has 0 aromatic carbocycles. The molecule has 24 heavy (non-hydrogen) atoms. The molecule has 136 valence electrons. The molecule has 2 aliphatic carbocycles. The van der Waals surface area contributed by atoms with Gasteiger partial charge in [0.2, 0.25) is 0 Å². The van der Waals surface area contributed by atoms with Crippen LogP contribution in [0.15, 0.2) is 0 Å². The molecule has 3 rings (SSSR count). The van der Waals surface area contributed by atoms with E-state index in [2.05, 4.69) is 6.92 Å². The summed E-state index contributed by atoms with van der Waals surface area (Å²) in [6.45, 7) is 3.31. The molecule has 1 aliphatic heterocycles. The van der Waals surface area contributed by atoms with E-state index >= 15 is 0 Å². The first-order chi connectivity index (χ1) is 11.8. The first kappa shape index (κ1) is 18.4. The van der Waals surface area contributed by atoms with Crippen LogP contribution in [0.3, 0.4) is 0 Å². The van der Waals surface area contributed by atoms with Gasteiger partial charge >= 0.3 is 123 Å². The second-order valence-electron chi connectivity index (χ2n) is 8.57. The summed E-state index contributed by atoms with van der Waals surface area (Å²) in [6.07, 6.45) is 16.8. The van der Waals surface area contributed by atoms with Gasteiger partial charge in [-0.2, -0.15) is 0 Å². The van der Waals surface area contributed by atoms with Crippen molar-refractivity contribution >= 4 is 7.27 Å². The monoisotopic (exact) mass is 333 g/mol. The molecule has 0 spiro atoms. The summed E-state index contributed by atoms with van der Waals surface area (Å²) in [6, 6.07) is 0. The van der Waals surface area contributed by atoms with Gasteiger partial charge in [-0.1, -0.05) is 13.3 Å². The molecule has 3 fully saturated rings. The van der Waals surface area contributed by atoms with Gasteiger partial charge in [0.1, 0.15) is 0 Å². The predicted molar refractivity (Wildman–Crippen MR) is 98.1 cm³/mol. The fourth-order valence-electron chi connectivity index (χ4n) is 5.61. The van der Waals surface area contributed by atoms with Crippen LogP contribution in [0.25, 0.3) is 0 Å². The molecule has 1 heterocycles. The zero-order valence-electron chi connectivity index (χ0n) is 15.6. The third-order valence-corrected chi connectivity index (χ3v) is 7.09. The van der Waals surface area contributed by atoms with Crippen molar-refractivity contribution in [1.29, 1.82) is 5.31 Å². The van der Waals surface area contributed by atoms with E-state index in [0.29, 0.717) is 12.2 Å². The zero-order valence-corrected chi connectivity index (χ0v) is 15.6. The summed E-state index contributed by atoms with van der Waals surface area (Å²) in [4.78, 5) is 0. The fraction of sp³-hybridized carbons (Fsp3) is 1.00. The van der Waals surface area contributed by atoms with E-state index in [0.717, 1.165) is 50.4 Å². The number of ether oxygens (including phenoxy) is 1. The van der Waals surface area contributed by atoms with Crippen molar-refractivity contribution in [1.82, 2.24) is 0 Å². The van der Waals surface area contributed by atoms with E-state index in [1.54, 1.807) is 0 Å². The molecule has 2 atom stereocenters. The molecule has 3 nitrogen and oxygen atoms in total. The molecule has 2 saturated carbocycles. The number of hydrogen-bond acceptors (Lipinski definition) is 3. The molecular weight excluding hydrogens is 297 g/mol. The van der Waals surface area contributed by atoms with E-state index in [1.807, 2.05) is 0 Å². The minimum absolute atomic E-state index is 0.321. The van der Waals surface area contributed by atoms with Crippen molar-refractivity contribution in [2.24, 2.45) is 23.7 Å². The molecule has 4 heteroatoms. The van der Waals surface area contributed by atoms with Crippen LogP contribution >= 0.6 is 0 Å². The number of nitrogens with one attached hydrogen (secondary N) is 1. The van der Waals surface area contributed by atoms with Gasteiger partial charge in [0.25, 0.3) is 0 Å². The Labute approximate surface area is 149 Å². The number of hydrogen-bond donors (Lipinski definition) is 1. The maximum absolute atomic E-state index is 7.08. The summed E-state index contributed by atoms with van der Waals surface area (Å²) >= 11 is 0. The van der Waals surface area contributed by atoms with Gasteiger partial charge in [-0.3, -0.25) is 0 Å². The normalized spacial score (nSPS) is 40.7. The Kier molecular flexibility index (Phi) is 7.18. The molecule has 0 aromatic rings. The van der Waals surface area contributed by atoms with Crippen molar-refractivity contribution < 1.29 is 9.39 Å². The van der Waals surface area contributed by atoms with Crippen molar-refractivity contribution in [2.45, 2.75) is 96.2 Å². The Bertz CT molecular complexity index is 368. The van der Waals surface area contributed by atoms with Crippen LogP contribution in [0.2, 0.25) is 0 Å². The molecule has 2 unspecified atom stereocenters. The Balaban J connectivity index is 1.36. The third kappa shape index (κ3) is 4.83. The van der Waals surface area contributed by atoms with E-state index in [1.165, 1.54) is 64.2 Å². The molecule has 1 saturated heterocycles. The maximum atomic E-state index is 7.08. The molecule has 0 aromatic heterocycles. The number of rotatable bonds is 6. The topological polar surface area (TPSA) is 42.3 Å². The van der Waals surface area contributed by atoms with Crippen LogP contribution in [-0.2, 0) is 9.39 Å². The Morgan fingerprint density at radius 2 is 1.50 bits per heavy atom. The van der Waals surface area contributed by atoms with E-state index in [4.69, 9.17) is 14.7 Å². The van der Waals surface area contributed by atoms with Gasteiger partial charge in [-0.05, 0) is 12.3 Å². The average Bonchev–Trinajstić information content (AvgIpc) is 2.64. The molecule has 3 aliphatic rings. The summed E-state index contributed by atoms with van der Waals surface area (Å²) in [5.41, 5.74) is 0. The van der Waals surface area contributed by atoms with Gasteiger partial charge in [0.15, 0.2) is 0 Å². The average molecular weight is 333 g/mol. The minimum atomic E-state index is 0.321. The third-order valence-electron chi connectivity index (χ3n) is 7.09. The summed E-state index contributed by atoms with van der Waals surface area (Å²) < 4.78 is 11.6. The second-order valence-corrected chi connectivity index (χ2v) is 8.57. The summed E-state index contributed by atoms with van der Waals surface area (Å²) in [5, 5.41) is 7.08. The quantitative estimate of drug-likeness (QED) is 0.666. The Morgan fingerprint density at radius 3 is 2.04 bits per heavy atom. The second kappa shape index (κ2) is 9.36. The van der Waals surface area contributed by atoms with E-state index in [9.17, 15) is 0 Å². The molecular formula is C20H36BNO2. The van der Waals surface area contributed by atoms with Crippen molar-refractivity contribution in [3.8, 4) is 0 Å². The first-order valence-electron chi connectivity index (χ1n) is 10.6. The van der Waals surface area contributed by atoms with Crippen LogP contribution in [0.5, 0.6) is 0 Å². The molecule has 0 radical (unpaired) electrons. The summed E-state index contributed by atoms with van der Waals surface area (Å²) in [7, 11) is 1.13. The van der Waals surface area contributed by atoms with Crippen LogP contribution in [0.4, 0.5) is 0 Å². The van der Waals surface area contributed by atoms with Crippen LogP contribution in [0.1, 0.15) is 84.0 Å². The zero-order chi connectivity index (χ0) is 16.8. The van der Waals surface area contributed by atoms with Crippen molar-refractivity contribution in [2.75, 3.05) is 6.61 Å². The van der Waals surface area contributed by atoms with Gasteiger partial charge < -0.3 is 0 Å². The predicted octanol–water partition coefficient (Wildman–Crippen LogP) is 5.35. The van der Waals surface area contributed by atoms with Gasteiger partial charge in [-0.25, -0.2) is 0 Å². The van der Waals surface area contributed by atoms with Crippen molar-refractivity contribution in [3.05, 3.63) is 0 Å². The molecule has 0 bridgehead atoms. The van der Waals surface area contributed by atoms with Crippen LogP contribution in [0, 0.1) is 29.0 Å². The molecule has 1 N–H and O–H groups in total.